The molecule has 5 atom stereocenters. The van der Waals surface area contributed by atoms with Crippen LogP contribution in [0.2, 0.25) is 0 Å². The van der Waals surface area contributed by atoms with Crippen molar-refractivity contribution < 1.29 is 57.1 Å². The molecule has 0 saturated carbocycles. The molecule has 1 aromatic rings. The second-order valence-electron chi connectivity index (χ2n) is 7.70. The molecular weight excluding hydrogens is 482 g/mol. The molecule has 1 amide bonds. The summed E-state index contributed by atoms with van der Waals surface area (Å²) in [6.07, 6.45) is -5.46. The van der Waals surface area contributed by atoms with E-state index < -0.39 is 67.0 Å². The lowest BCUT2D eigenvalue weighted by atomic mass is 9.95. The van der Waals surface area contributed by atoms with Gasteiger partial charge >= 0.3 is 23.9 Å². The van der Waals surface area contributed by atoms with Gasteiger partial charge in [-0.1, -0.05) is 0 Å². The minimum absolute atomic E-state index is 0.0985. The van der Waals surface area contributed by atoms with Crippen LogP contribution >= 0.6 is 0 Å². The van der Waals surface area contributed by atoms with Crippen molar-refractivity contribution in [1.29, 1.82) is 0 Å². The van der Waals surface area contributed by atoms with Gasteiger partial charge in [0.15, 0.2) is 12.2 Å². The number of esters is 4. The average molecular weight is 511 g/mol. The molecule has 0 aromatic heterocycles. The number of hydrogen-bond donors (Lipinski definition) is 1. The van der Waals surface area contributed by atoms with Gasteiger partial charge in [0.1, 0.15) is 30.3 Å². The second kappa shape index (κ2) is 12.7. The van der Waals surface area contributed by atoms with Gasteiger partial charge in [-0.15, -0.1) is 0 Å². The Bertz CT molecular complexity index is 971. The van der Waals surface area contributed by atoms with E-state index in [-0.39, 0.29) is 5.56 Å². The van der Waals surface area contributed by atoms with Gasteiger partial charge in [-0.3, -0.25) is 24.0 Å². The number of nitrogens with one attached hydrogen (secondary N) is 1. The third-order valence-corrected chi connectivity index (χ3v) is 4.90. The monoisotopic (exact) mass is 511 g/mol. The van der Waals surface area contributed by atoms with Gasteiger partial charge in [-0.05, 0) is 12.1 Å². The van der Waals surface area contributed by atoms with Crippen LogP contribution in [0.3, 0.4) is 0 Å². The first-order valence-electron chi connectivity index (χ1n) is 10.8. The van der Waals surface area contributed by atoms with Crippen molar-refractivity contribution in [2.75, 3.05) is 20.8 Å². The van der Waals surface area contributed by atoms with Gasteiger partial charge in [0.05, 0.1) is 14.2 Å². The first-order valence-corrected chi connectivity index (χ1v) is 10.8. The van der Waals surface area contributed by atoms with Crippen molar-refractivity contribution in [3.8, 4) is 11.5 Å². The number of hydrogen-bond acceptors (Lipinski definition) is 12. The van der Waals surface area contributed by atoms with E-state index in [9.17, 15) is 24.0 Å². The van der Waals surface area contributed by atoms with Crippen LogP contribution in [0.4, 0.5) is 0 Å². The maximum atomic E-state index is 13.3. The number of ether oxygens (including phenoxy) is 7. The molecule has 13 heteroatoms. The molecule has 1 saturated heterocycles. The Kier molecular flexibility index (Phi) is 10.0. The zero-order valence-corrected chi connectivity index (χ0v) is 20.7. The number of methoxy groups -OCH3 is 2. The quantitative estimate of drug-likeness (QED) is 0.362. The van der Waals surface area contributed by atoms with E-state index in [1.807, 2.05) is 0 Å². The summed E-state index contributed by atoms with van der Waals surface area (Å²) in [6, 6.07) is 3.12. The van der Waals surface area contributed by atoms with E-state index in [4.69, 9.17) is 33.2 Å². The smallest absolute Gasteiger partial charge is 0.305 e. The van der Waals surface area contributed by atoms with Crippen molar-refractivity contribution in [2.24, 2.45) is 0 Å². The van der Waals surface area contributed by atoms with E-state index in [1.165, 1.54) is 26.4 Å². The molecule has 0 aliphatic carbocycles. The highest BCUT2D eigenvalue weighted by molar-refractivity contribution is 5.95. The molecule has 1 N–H and O–H groups in total. The molecule has 13 nitrogen and oxygen atoms in total. The molecule has 0 spiro atoms. The van der Waals surface area contributed by atoms with Gasteiger partial charge < -0.3 is 38.5 Å². The zero-order valence-electron chi connectivity index (χ0n) is 20.7. The third-order valence-electron chi connectivity index (χ3n) is 4.90. The molecular formula is C23H29NO12. The first-order chi connectivity index (χ1) is 16.9. The van der Waals surface area contributed by atoms with Crippen LogP contribution in [0.1, 0.15) is 38.1 Å². The Balaban J connectivity index is 2.53. The van der Waals surface area contributed by atoms with E-state index in [2.05, 4.69) is 5.32 Å². The average Bonchev–Trinajstić information content (AvgIpc) is 2.80. The Morgan fingerprint density at radius 3 is 1.78 bits per heavy atom. The van der Waals surface area contributed by atoms with Gasteiger partial charge in [-0.2, -0.15) is 0 Å². The molecule has 5 unspecified atom stereocenters. The summed E-state index contributed by atoms with van der Waals surface area (Å²) in [5.41, 5.74) is 0.0985. The predicted molar refractivity (Wildman–Crippen MR) is 119 cm³/mol. The molecule has 1 heterocycles. The lowest BCUT2D eigenvalue weighted by Crippen LogP contribution is -2.67. The van der Waals surface area contributed by atoms with E-state index in [0.717, 1.165) is 27.7 Å². The largest absolute Gasteiger partial charge is 0.497 e. The molecule has 2 rings (SSSR count). The SMILES string of the molecule is COc1cc(OC)cc(C(=O)NC2C(OC(C)=O)C(COC(C)=O)OC(OC(C)=O)C2OC(C)=O)c1. The van der Waals surface area contributed by atoms with Crippen molar-refractivity contribution >= 4 is 29.8 Å². The molecule has 198 valence electrons. The molecule has 1 aromatic carbocycles. The molecule has 1 fully saturated rings. The fourth-order valence-electron chi connectivity index (χ4n) is 3.51. The highest BCUT2D eigenvalue weighted by Gasteiger charge is 2.52. The number of amides is 1. The summed E-state index contributed by atoms with van der Waals surface area (Å²) in [6.45, 7) is 4.06. The Morgan fingerprint density at radius 1 is 0.778 bits per heavy atom. The third kappa shape index (κ3) is 7.83. The first kappa shape index (κ1) is 28.4. The highest BCUT2D eigenvalue weighted by Crippen LogP contribution is 2.29. The summed E-state index contributed by atoms with van der Waals surface area (Å²) < 4.78 is 37.0. The molecule has 0 bridgehead atoms. The second-order valence-corrected chi connectivity index (χ2v) is 7.70. The minimum Gasteiger partial charge on any atom is -0.497 e. The number of carbonyl (C=O) groups is 5. The fourth-order valence-corrected chi connectivity index (χ4v) is 3.51. The van der Waals surface area contributed by atoms with Crippen LogP contribution in [-0.4, -0.2) is 81.3 Å². The van der Waals surface area contributed by atoms with Crippen molar-refractivity contribution in [1.82, 2.24) is 5.32 Å². The van der Waals surface area contributed by atoms with Crippen LogP contribution in [0, 0.1) is 0 Å². The van der Waals surface area contributed by atoms with Crippen LogP contribution in [-0.2, 0) is 42.9 Å². The van der Waals surface area contributed by atoms with Crippen LogP contribution in [0.25, 0.3) is 0 Å². The fraction of sp³-hybridized carbons (Fsp3) is 0.522. The Labute approximate surface area is 207 Å². The van der Waals surface area contributed by atoms with E-state index >= 15 is 0 Å². The van der Waals surface area contributed by atoms with Crippen LogP contribution < -0.4 is 14.8 Å². The predicted octanol–water partition coefficient (Wildman–Crippen LogP) is 0.517. The van der Waals surface area contributed by atoms with E-state index in [1.54, 1.807) is 6.07 Å². The van der Waals surface area contributed by atoms with Gasteiger partial charge in [0, 0.05) is 39.3 Å². The van der Waals surface area contributed by atoms with Crippen LogP contribution in [0.5, 0.6) is 11.5 Å². The maximum Gasteiger partial charge on any atom is 0.305 e. The number of carbonyl (C=O) groups excluding carboxylic acids is 5. The summed E-state index contributed by atoms with van der Waals surface area (Å²) in [5.74, 6) is -3.03. The topological polar surface area (TPSA) is 162 Å². The number of rotatable bonds is 9. The summed E-state index contributed by atoms with van der Waals surface area (Å²) in [7, 11) is 2.82. The summed E-state index contributed by atoms with van der Waals surface area (Å²) >= 11 is 0. The minimum atomic E-state index is -1.52. The molecule has 1 aliphatic heterocycles. The standard InChI is InChI=1S/C23H29NO12/c1-11(25)32-10-18-20(33-12(2)26)19(21(34-13(3)27)23(36-18)35-14(4)28)24-22(29)15-7-16(30-5)9-17(8-15)31-6/h7-9,18-21,23H,10H2,1-6H3,(H,24,29). The Hall–Kier alpha value is -3.87. The summed E-state index contributed by atoms with van der Waals surface area (Å²) in [4.78, 5) is 60.3. The van der Waals surface area contributed by atoms with Gasteiger partial charge in [0.25, 0.3) is 5.91 Å². The van der Waals surface area contributed by atoms with Crippen molar-refractivity contribution in [3.05, 3.63) is 23.8 Å². The maximum absolute atomic E-state index is 13.3. The normalized spacial score (nSPS) is 23.0. The molecule has 1 aliphatic rings. The zero-order chi connectivity index (χ0) is 27.0. The van der Waals surface area contributed by atoms with Gasteiger partial charge in [-0.25, -0.2) is 0 Å². The summed E-state index contributed by atoms with van der Waals surface area (Å²) in [5, 5.41) is 2.65. The lowest BCUT2D eigenvalue weighted by molar-refractivity contribution is -0.277. The van der Waals surface area contributed by atoms with E-state index in [0.29, 0.717) is 11.5 Å². The molecule has 36 heavy (non-hydrogen) atoms. The lowest BCUT2D eigenvalue weighted by Gasteiger charge is -2.44. The van der Waals surface area contributed by atoms with Crippen molar-refractivity contribution in [2.45, 2.75) is 58.3 Å². The molecule has 0 radical (unpaired) electrons. The van der Waals surface area contributed by atoms with Gasteiger partial charge in [0.2, 0.25) is 6.29 Å². The highest BCUT2D eigenvalue weighted by atomic mass is 16.7. The van der Waals surface area contributed by atoms with Crippen molar-refractivity contribution in [3.63, 3.8) is 0 Å². The van der Waals surface area contributed by atoms with Crippen LogP contribution in [0.15, 0.2) is 18.2 Å². The Morgan fingerprint density at radius 2 is 1.31 bits per heavy atom. The number of benzene rings is 1.